The summed E-state index contributed by atoms with van der Waals surface area (Å²) in [5.74, 6) is 1.19. The molecule has 3 N–H and O–H groups in total. The van der Waals surface area contributed by atoms with Gasteiger partial charge in [-0.1, -0.05) is 18.2 Å². The van der Waals surface area contributed by atoms with Gasteiger partial charge in [0.05, 0.1) is 23.3 Å². The van der Waals surface area contributed by atoms with Gasteiger partial charge in [0, 0.05) is 29.7 Å². The van der Waals surface area contributed by atoms with E-state index in [2.05, 4.69) is 30.5 Å². The number of benzene rings is 1. The zero-order valence-electron chi connectivity index (χ0n) is 18.5. The summed E-state index contributed by atoms with van der Waals surface area (Å²) in [6.45, 7) is 3.87. The molecule has 0 aliphatic carbocycles. The maximum absolute atomic E-state index is 13.6. The van der Waals surface area contributed by atoms with Crippen LogP contribution < -0.4 is 10.9 Å². The number of aromatic amines is 2. The Morgan fingerprint density at radius 1 is 1.09 bits per heavy atom. The monoisotopic (exact) mass is 451 g/mol. The molecule has 0 saturated heterocycles. The number of nitrogens with zero attached hydrogens (tertiary/aromatic N) is 6. The number of rotatable bonds is 5. The highest BCUT2D eigenvalue weighted by molar-refractivity contribution is 6.00. The van der Waals surface area contributed by atoms with Crippen molar-refractivity contribution in [2.24, 2.45) is 0 Å². The standard InChI is InChI=1S/C24H21N9O/c1-14-8-9-32-20(14)24(34)33(17-6-4-3-5-7-17)23(31-32)15(2)30-22-19-18(16-10-28-29-11-16)12-25-21(19)26-13-27-22/h3-13,15H,1-2H3,(H,28,29)(H2,25,26,27,30). The Kier molecular flexibility index (Phi) is 4.51. The molecule has 168 valence electrons. The van der Waals surface area contributed by atoms with Crippen molar-refractivity contribution in [3.63, 3.8) is 0 Å². The van der Waals surface area contributed by atoms with Crippen LogP contribution in [0.3, 0.4) is 0 Å². The summed E-state index contributed by atoms with van der Waals surface area (Å²) in [5.41, 5.74) is 4.59. The van der Waals surface area contributed by atoms with E-state index in [-0.39, 0.29) is 11.6 Å². The van der Waals surface area contributed by atoms with Crippen LogP contribution in [0.2, 0.25) is 0 Å². The molecule has 0 fully saturated rings. The van der Waals surface area contributed by atoms with Crippen LogP contribution in [-0.4, -0.2) is 39.3 Å². The topological polar surface area (TPSA) is 122 Å². The average molecular weight is 451 g/mol. The largest absolute Gasteiger partial charge is 0.360 e. The molecule has 34 heavy (non-hydrogen) atoms. The Morgan fingerprint density at radius 2 is 1.94 bits per heavy atom. The number of aryl methyl sites for hydroxylation is 1. The van der Waals surface area contributed by atoms with E-state index in [9.17, 15) is 4.79 Å². The van der Waals surface area contributed by atoms with Gasteiger partial charge in [-0.15, -0.1) is 0 Å². The third-order valence-corrected chi connectivity index (χ3v) is 5.95. The van der Waals surface area contributed by atoms with Gasteiger partial charge in [-0.2, -0.15) is 10.2 Å². The van der Waals surface area contributed by atoms with E-state index in [0.29, 0.717) is 22.8 Å². The lowest BCUT2D eigenvalue weighted by molar-refractivity contribution is 0.673. The molecule has 5 heterocycles. The molecule has 1 unspecified atom stereocenters. The zero-order chi connectivity index (χ0) is 23.2. The van der Waals surface area contributed by atoms with Crippen molar-refractivity contribution in [3.8, 4) is 16.8 Å². The number of nitrogens with one attached hydrogen (secondary N) is 3. The molecule has 0 amide bonds. The lowest BCUT2D eigenvalue weighted by Gasteiger charge is -2.20. The maximum Gasteiger partial charge on any atom is 0.282 e. The first-order valence-electron chi connectivity index (χ1n) is 10.9. The van der Waals surface area contributed by atoms with Gasteiger partial charge in [-0.05, 0) is 37.6 Å². The SMILES string of the molecule is Cc1ccn2nc(C(C)Nc3ncnc4[nH]cc(-c5cn[nH]c5)c34)n(-c3ccccc3)c(=O)c12. The van der Waals surface area contributed by atoms with Crippen LogP contribution in [0.1, 0.15) is 24.4 Å². The molecule has 0 radical (unpaired) electrons. The molecule has 1 atom stereocenters. The first kappa shape index (κ1) is 19.9. The van der Waals surface area contributed by atoms with E-state index in [0.717, 1.165) is 27.8 Å². The van der Waals surface area contributed by atoms with Crippen molar-refractivity contribution in [1.29, 1.82) is 0 Å². The lowest BCUT2D eigenvalue weighted by atomic mass is 10.1. The molecule has 1 aromatic carbocycles. The average Bonchev–Trinajstić information content (AvgIpc) is 3.60. The number of aromatic nitrogens is 8. The second-order valence-corrected chi connectivity index (χ2v) is 8.13. The fourth-order valence-electron chi connectivity index (χ4n) is 4.31. The fraction of sp³-hybridized carbons (Fsp3) is 0.125. The second kappa shape index (κ2) is 7.69. The van der Waals surface area contributed by atoms with E-state index >= 15 is 0 Å². The summed E-state index contributed by atoms with van der Waals surface area (Å²) in [5, 5.41) is 16.0. The number of fused-ring (bicyclic) bond motifs is 2. The molecule has 0 bridgehead atoms. The van der Waals surface area contributed by atoms with E-state index in [1.807, 2.05) is 68.8 Å². The van der Waals surface area contributed by atoms with Crippen LogP contribution in [0, 0.1) is 6.92 Å². The zero-order valence-corrected chi connectivity index (χ0v) is 18.5. The van der Waals surface area contributed by atoms with Crippen molar-refractivity contribution in [1.82, 2.24) is 39.3 Å². The number of hydrogen-bond acceptors (Lipinski definition) is 6. The lowest BCUT2D eigenvalue weighted by Crippen LogP contribution is -2.29. The van der Waals surface area contributed by atoms with Crippen molar-refractivity contribution >= 4 is 22.4 Å². The Morgan fingerprint density at radius 3 is 2.74 bits per heavy atom. The molecule has 0 aliphatic rings. The van der Waals surface area contributed by atoms with Crippen molar-refractivity contribution in [2.45, 2.75) is 19.9 Å². The second-order valence-electron chi connectivity index (χ2n) is 8.13. The number of H-pyrrole nitrogens is 2. The summed E-state index contributed by atoms with van der Waals surface area (Å²) in [7, 11) is 0. The number of hydrogen-bond donors (Lipinski definition) is 3. The minimum Gasteiger partial charge on any atom is -0.360 e. The predicted octanol–water partition coefficient (Wildman–Crippen LogP) is 3.63. The number of anilines is 1. The Bertz CT molecular complexity index is 1680. The van der Waals surface area contributed by atoms with Gasteiger partial charge in [0.2, 0.25) is 0 Å². The Hall–Kier alpha value is -4.73. The van der Waals surface area contributed by atoms with E-state index in [1.54, 1.807) is 15.3 Å². The van der Waals surface area contributed by atoms with Gasteiger partial charge in [0.15, 0.2) is 5.82 Å². The highest BCUT2D eigenvalue weighted by atomic mass is 16.1. The van der Waals surface area contributed by atoms with Crippen LogP contribution >= 0.6 is 0 Å². The van der Waals surface area contributed by atoms with Crippen LogP contribution in [-0.2, 0) is 0 Å². The molecule has 6 aromatic rings. The maximum atomic E-state index is 13.6. The van der Waals surface area contributed by atoms with Crippen LogP contribution in [0.25, 0.3) is 33.4 Å². The minimum absolute atomic E-state index is 0.124. The minimum atomic E-state index is -0.356. The molecule has 5 aromatic heterocycles. The van der Waals surface area contributed by atoms with Gasteiger partial charge in [-0.3, -0.25) is 14.5 Å². The van der Waals surface area contributed by atoms with Gasteiger partial charge < -0.3 is 10.3 Å². The quantitative estimate of drug-likeness (QED) is 0.368. The van der Waals surface area contributed by atoms with Crippen molar-refractivity contribution < 1.29 is 0 Å². The number of para-hydroxylation sites is 1. The van der Waals surface area contributed by atoms with Crippen LogP contribution in [0.4, 0.5) is 5.82 Å². The Labute approximate surface area is 193 Å². The first-order chi connectivity index (χ1) is 16.6. The molecule has 6 rings (SSSR count). The van der Waals surface area contributed by atoms with Crippen molar-refractivity contribution in [2.75, 3.05) is 5.32 Å². The van der Waals surface area contributed by atoms with Gasteiger partial charge >= 0.3 is 0 Å². The third kappa shape index (κ3) is 3.07. The highest BCUT2D eigenvalue weighted by Gasteiger charge is 2.22. The van der Waals surface area contributed by atoms with Crippen LogP contribution in [0.15, 0.2) is 72.3 Å². The van der Waals surface area contributed by atoms with E-state index in [4.69, 9.17) is 5.10 Å². The molecule has 10 heteroatoms. The summed E-state index contributed by atoms with van der Waals surface area (Å²) in [4.78, 5) is 25.7. The fourth-order valence-corrected chi connectivity index (χ4v) is 4.31. The third-order valence-electron chi connectivity index (χ3n) is 5.95. The molecule has 0 saturated carbocycles. The van der Waals surface area contributed by atoms with Crippen LogP contribution in [0.5, 0.6) is 0 Å². The van der Waals surface area contributed by atoms with Crippen molar-refractivity contribution in [3.05, 3.63) is 89.3 Å². The summed E-state index contributed by atoms with van der Waals surface area (Å²) in [6, 6.07) is 11.1. The predicted molar refractivity (Wildman–Crippen MR) is 129 cm³/mol. The Balaban J connectivity index is 1.51. The molecule has 0 spiro atoms. The van der Waals surface area contributed by atoms with E-state index in [1.165, 1.54) is 6.33 Å². The van der Waals surface area contributed by atoms with E-state index < -0.39 is 0 Å². The summed E-state index contributed by atoms with van der Waals surface area (Å²) < 4.78 is 3.31. The first-order valence-corrected chi connectivity index (χ1v) is 10.9. The summed E-state index contributed by atoms with van der Waals surface area (Å²) >= 11 is 0. The smallest absolute Gasteiger partial charge is 0.282 e. The molecule has 10 nitrogen and oxygen atoms in total. The molecular weight excluding hydrogens is 430 g/mol. The van der Waals surface area contributed by atoms with Gasteiger partial charge in [0.25, 0.3) is 5.56 Å². The molecular formula is C24H21N9O. The summed E-state index contributed by atoms with van der Waals surface area (Å²) in [6.07, 6.45) is 8.76. The highest BCUT2D eigenvalue weighted by Crippen LogP contribution is 2.32. The van der Waals surface area contributed by atoms with Gasteiger partial charge in [0.1, 0.15) is 23.3 Å². The normalized spacial score (nSPS) is 12.4. The molecule has 0 aliphatic heterocycles. The van der Waals surface area contributed by atoms with Gasteiger partial charge in [-0.25, -0.2) is 14.5 Å².